The summed E-state index contributed by atoms with van der Waals surface area (Å²) in [6.45, 7) is 3.15. The standard InChI is InChI=1S/C25H22N2O4/c1-16-18-9-3-5-11-22(18)31-23(16)21(28)15-30-25(29)19-14-17-8-2-4-10-20(17)26-24(19)27-12-6-7-13-27/h2-5,8-11,14H,6-7,12-13,15H2,1H3. The minimum atomic E-state index is -0.553. The minimum absolute atomic E-state index is 0.227. The lowest BCUT2D eigenvalue weighted by Gasteiger charge is -2.20. The van der Waals surface area contributed by atoms with Crippen molar-refractivity contribution in [2.24, 2.45) is 0 Å². The van der Waals surface area contributed by atoms with Crippen LogP contribution in [0.5, 0.6) is 0 Å². The Hall–Kier alpha value is -3.67. The highest BCUT2D eigenvalue weighted by Crippen LogP contribution is 2.28. The molecule has 1 aliphatic heterocycles. The molecule has 156 valence electrons. The summed E-state index contributed by atoms with van der Waals surface area (Å²) in [5.74, 6) is -0.0697. The molecule has 6 nitrogen and oxygen atoms in total. The number of carbonyl (C=O) groups excluding carboxylic acids is 2. The molecule has 0 N–H and O–H groups in total. The van der Waals surface area contributed by atoms with E-state index in [4.69, 9.17) is 14.1 Å². The molecule has 0 bridgehead atoms. The Morgan fingerprint density at radius 2 is 1.81 bits per heavy atom. The summed E-state index contributed by atoms with van der Waals surface area (Å²) in [5.41, 5.74) is 2.61. The third-order valence-corrected chi connectivity index (χ3v) is 5.76. The van der Waals surface area contributed by atoms with E-state index in [0.717, 1.165) is 47.8 Å². The number of aryl methyl sites for hydroxylation is 1. The van der Waals surface area contributed by atoms with Gasteiger partial charge in [-0.25, -0.2) is 9.78 Å². The number of nitrogens with zero attached hydrogens (tertiary/aromatic N) is 2. The Bertz CT molecular complexity index is 1300. The van der Waals surface area contributed by atoms with Gasteiger partial charge in [0.05, 0.1) is 5.52 Å². The van der Waals surface area contributed by atoms with Gasteiger partial charge in [-0.1, -0.05) is 36.4 Å². The number of Topliss-reactive ketones (excluding diaryl/α,β-unsaturated/α-hetero) is 1. The molecule has 1 saturated heterocycles. The summed E-state index contributed by atoms with van der Waals surface area (Å²) in [6, 6.07) is 16.9. The van der Waals surface area contributed by atoms with Crippen LogP contribution in [0.25, 0.3) is 21.9 Å². The van der Waals surface area contributed by atoms with Gasteiger partial charge in [-0.2, -0.15) is 0 Å². The maximum Gasteiger partial charge on any atom is 0.342 e. The predicted octanol–water partition coefficient (Wildman–Crippen LogP) is 4.93. The van der Waals surface area contributed by atoms with Crippen LogP contribution in [-0.2, 0) is 4.74 Å². The quantitative estimate of drug-likeness (QED) is 0.341. The number of pyridine rings is 1. The number of aromatic nitrogens is 1. The Labute approximate surface area is 179 Å². The lowest BCUT2D eigenvalue weighted by Crippen LogP contribution is -2.23. The summed E-state index contributed by atoms with van der Waals surface area (Å²) >= 11 is 0. The fourth-order valence-electron chi connectivity index (χ4n) is 4.14. The maximum atomic E-state index is 13.0. The van der Waals surface area contributed by atoms with Gasteiger partial charge in [0.25, 0.3) is 0 Å². The second-order valence-electron chi connectivity index (χ2n) is 7.80. The summed E-state index contributed by atoms with van der Waals surface area (Å²) in [7, 11) is 0. The fourth-order valence-corrected chi connectivity index (χ4v) is 4.14. The highest BCUT2D eigenvalue weighted by Gasteiger charge is 2.25. The van der Waals surface area contributed by atoms with Crippen molar-refractivity contribution in [3.8, 4) is 0 Å². The molecule has 0 atom stereocenters. The Morgan fingerprint density at radius 1 is 1.06 bits per heavy atom. The number of esters is 1. The van der Waals surface area contributed by atoms with Gasteiger partial charge in [-0.05, 0) is 38.0 Å². The first kappa shape index (κ1) is 19.3. The van der Waals surface area contributed by atoms with Crippen LogP contribution in [0.3, 0.4) is 0 Å². The molecule has 1 fully saturated rings. The number of ketones is 1. The largest absolute Gasteiger partial charge is 0.453 e. The van der Waals surface area contributed by atoms with Crippen molar-refractivity contribution < 1.29 is 18.7 Å². The van der Waals surface area contributed by atoms with E-state index in [1.54, 1.807) is 6.07 Å². The average Bonchev–Trinajstić information content (AvgIpc) is 3.45. The van der Waals surface area contributed by atoms with Crippen molar-refractivity contribution >= 4 is 39.4 Å². The van der Waals surface area contributed by atoms with Gasteiger partial charge in [0.15, 0.2) is 12.4 Å². The lowest BCUT2D eigenvalue weighted by molar-refractivity contribution is 0.0468. The normalized spacial score (nSPS) is 13.8. The molecule has 0 radical (unpaired) electrons. The van der Waals surface area contributed by atoms with E-state index < -0.39 is 5.97 Å². The van der Waals surface area contributed by atoms with Crippen LogP contribution in [0.15, 0.2) is 59.0 Å². The zero-order valence-corrected chi connectivity index (χ0v) is 17.3. The molecule has 2 aromatic carbocycles. The van der Waals surface area contributed by atoms with E-state index in [-0.39, 0.29) is 18.2 Å². The molecular weight excluding hydrogens is 392 g/mol. The Kier molecular flexibility index (Phi) is 4.90. The first-order valence-corrected chi connectivity index (χ1v) is 10.4. The molecule has 5 rings (SSSR count). The number of fused-ring (bicyclic) bond motifs is 2. The second-order valence-corrected chi connectivity index (χ2v) is 7.80. The minimum Gasteiger partial charge on any atom is -0.453 e. The molecule has 0 amide bonds. The third kappa shape index (κ3) is 3.54. The number of carbonyl (C=O) groups is 2. The van der Waals surface area contributed by atoms with Gasteiger partial charge in [-0.15, -0.1) is 0 Å². The number of hydrogen-bond donors (Lipinski definition) is 0. The third-order valence-electron chi connectivity index (χ3n) is 5.76. The van der Waals surface area contributed by atoms with Crippen molar-refractivity contribution in [2.75, 3.05) is 24.6 Å². The molecular formula is C25H22N2O4. The topological polar surface area (TPSA) is 72.6 Å². The second kappa shape index (κ2) is 7.87. The van der Waals surface area contributed by atoms with Crippen LogP contribution in [0, 0.1) is 6.92 Å². The molecule has 6 heteroatoms. The van der Waals surface area contributed by atoms with E-state index in [1.165, 1.54) is 0 Å². The lowest BCUT2D eigenvalue weighted by atomic mass is 10.1. The molecule has 31 heavy (non-hydrogen) atoms. The van der Waals surface area contributed by atoms with Crippen molar-refractivity contribution in [3.63, 3.8) is 0 Å². The molecule has 0 spiro atoms. The van der Waals surface area contributed by atoms with Crippen LogP contribution >= 0.6 is 0 Å². The van der Waals surface area contributed by atoms with Gasteiger partial charge in [0.2, 0.25) is 5.78 Å². The number of anilines is 1. The zero-order valence-electron chi connectivity index (χ0n) is 17.3. The number of furan rings is 1. The summed E-state index contributed by atoms with van der Waals surface area (Å²) in [4.78, 5) is 32.5. The molecule has 4 aromatic rings. The van der Waals surface area contributed by atoms with Gasteiger partial charge in [-0.3, -0.25) is 4.79 Å². The highest BCUT2D eigenvalue weighted by molar-refractivity contribution is 6.04. The van der Waals surface area contributed by atoms with E-state index in [1.807, 2.05) is 55.5 Å². The molecule has 0 unspecified atom stereocenters. The van der Waals surface area contributed by atoms with Gasteiger partial charge in [0, 0.05) is 29.4 Å². The van der Waals surface area contributed by atoms with Gasteiger partial charge in [0.1, 0.15) is 17.0 Å². The monoisotopic (exact) mass is 414 g/mol. The van der Waals surface area contributed by atoms with Crippen molar-refractivity contribution in [2.45, 2.75) is 19.8 Å². The van der Waals surface area contributed by atoms with Gasteiger partial charge >= 0.3 is 5.97 Å². The average molecular weight is 414 g/mol. The predicted molar refractivity (Wildman–Crippen MR) is 119 cm³/mol. The first-order chi connectivity index (χ1) is 15.1. The molecule has 1 aliphatic rings. The van der Waals surface area contributed by atoms with Crippen LogP contribution in [0.2, 0.25) is 0 Å². The zero-order chi connectivity index (χ0) is 21.4. The Morgan fingerprint density at radius 3 is 2.61 bits per heavy atom. The van der Waals surface area contributed by atoms with Crippen molar-refractivity contribution in [1.82, 2.24) is 4.98 Å². The molecule has 0 saturated carbocycles. The smallest absolute Gasteiger partial charge is 0.342 e. The van der Waals surface area contributed by atoms with E-state index in [9.17, 15) is 9.59 Å². The first-order valence-electron chi connectivity index (χ1n) is 10.4. The van der Waals surface area contributed by atoms with E-state index >= 15 is 0 Å². The molecule has 0 aliphatic carbocycles. The van der Waals surface area contributed by atoms with Crippen molar-refractivity contribution in [1.29, 1.82) is 0 Å². The summed E-state index contributed by atoms with van der Waals surface area (Å²) < 4.78 is 11.1. The molecule has 2 aromatic heterocycles. The van der Waals surface area contributed by atoms with E-state index in [2.05, 4.69) is 4.90 Å². The van der Waals surface area contributed by atoms with Crippen LogP contribution in [-0.4, -0.2) is 36.4 Å². The number of hydrogen-bond acceptors (Lipinski definition) is 6. The van der Waals surface area contributed by atoms with Crippen LogP contribution in [0.4, 0.5) is 5.82 Å². The molecule has 3 heterocycles. The van der Waals surface area contributed by atoms with Crippen LogP contribution < -0.4 is 4.90 Å². The SMILES string of the molecule is Cc1c(C(=O)COC(=O)c2cc3ccccc3nc2N2CCCC2)oc2ccccc12. The fraction of sp³-hybridized carbons (Fsp3) is 0.240. The number of benzene rings is 2. The van der Waals surface area contributed by atoms with Gasteiger partial charge < -0.3 is 14.1 Å². The Balaban J connectivity index is 1.41. The van der Waals surface area contributed by atoms with Crippen molar-refractivity contribution in [3.05, 3.63) is 71.5 Å². The number of rotatable bonds is 5. The van der Waals surface area contributed by atoms with E-state index in [0.29, 0.717) is 17.0 Å². The summed E-state index contributed by atoms with van der Waals surface area (Å²) in [6.07, 6.45) is 2.12. The number of ether oxygens (including phenoxy) is 1. The van der Waals surface area contributed by atoms with Crippen LogP contribution in [0.1, 0.15) is 39.3 Å². The highest BCUT2D eigenvalue weighted by atomic mass is 16.5. The number of para-hydroxylation sites is 2. The maximum absolute atomic E-state index is 13.0. The summed E-state index contributed by atoms with van der Waals surface area (Å²) in [5, 5.41) is 1.74.